The summed E-state index contributed by atoms with van der Waals surface area (Å²) in [6.45, 7) is 3.04. The first-order valence-corrected chi connectivity index (χ1v) is 6.61. The lowest BCUT2D eigenvalue weighted by Crippen LogP contribution is -2.12. The van der Waals surface area contributed by atoms with E-state index in [9.17, 15) is 0 Å². The number of aromatic nitrogens is 2. The Labute approximate surface area is 122 Å². The summed E-state index contributed by atoms with van der Waals surface area (Å²) < 4.78 is 25.7. The monoisotopic (exact) mass is 297 g/mol. The third-order valence-electron chi connectivity index (χ3n) is 2.70. The molecule has 0 fully saturated rings. The highest BCUT2D eigenvalue weighted by Crippen LogP contribution is 2.26. The highest BCUT2D eigenvalue weighted by atomic mass is 16.6. The van der Waals surface area contributed by atoms with E-state index in [0.717, 1.165) is 0 Å². The third-order valence-corrected chi connectivity index (χ3v) is 2.70. The molecule has 0 aliphatic carbocycles. The number of rotatable bonds is 10. The van der Waals surface area contributed by atoms with Crippen molar-refractivity contribution >= 4 is 16.7 Å². The van der Waals surface area contributed by atoms with Gasteiger partial charge in [0.05, 0.1) is 38.7 Å². The van der Waals surface area contributed by atoms with E-state index < -0.39 is 0 Å². The average molecular weight is 297 g/mol. The van der Waals surface area contributed by atoms with Crippen LogP contribution in [0.2, 0.25) is 0 Å². The Morgan fingerprint density at radius 3 is 2.38 bits per heavy atom. The lowest BCUT2D eigenvalue weighted by molar-refractivity contribution is 0.0180. The maximum absolute atomic E-state index is 5.75. The van der Waals surface area contributed by atoms with Crippen LogP contribution in [0.4, 0.5) is 5.69 Å². The van der Waals surface area contributed by atoms with E-state index in [4.69, 9.17) is 24.7 Å². The van der Waals surface area contributed by atoms with Crippen molar-refractivity contribution < 1.29 is 23.6 Å². The number of methoxy groups -OCH3 is 1. The maximum Gasteiger partial charge on any atom is 0.179 e. The van der Waals surface area contributed by atoms with Crippen molar-refractivity contribution in [3.63, 3.8) is 0 Å². The van der Waals surface area contributed by atoms with Crippen LogP contribution in [0.1, 0.15) is 0 Å². The summed E-state index contributed by atoms with van der Waals surface area (Å²) in [7, 11) is 1.63. The molecule has 1 aromatic heterocycles. The van der Waals surface area contributed by atoms with Gasteiger partial charge in [0, 0.05) is 7.11 Å². The van der Waals surface area contributed by atoms with Crippen molar-refractivity contribution in [3.05, 3.63) is 12.1 Å². The molecular formula is C13H19N3O5. The molecule has 0 aliphatic heterocycles. The molecule has 2 aromatic rings. The SMILES string of the molecule is COCCOCCOCCOc1ccc(N)c2nonc12. The molecule has 0 spiro atoms. The molecule has 116 valence electrons. The molecule has 1 heterocycles. The Balaban J connectivity index is 1.64. The fourth-order valence-corrected chi connectivity index (χ4v) is 1.65. The van der Waals surface area contributed by atoms with Gasteiger partial charge in [-0.1, -0.05) is 0 Å². The quantitative estimate of drug-likeness (QED) is 0.509. The molecule has 0 unspecified atom stereocenters. The van der Waals surface area contributed by atoms with Gasteiger partial charge < -0.3 is 24.7 Å². The Kier molecular flexibility index (Phi) is 6.20. The standard InChI is InChI=1S/C13H19N3O5/c1-17-4-5-18-6-7-19-8-9-20-11-3-2-10(14)12-13(11)16-21-15-12/h2-3H,4-9,14H2,1H3. The van der Waals surface area contributed by atoms with Gasteiger partial charge in [-0.3, -0.25) is 0 Å². The summed E-state index contributed by atoms with van der Waals surface area (Å²) in [5, 5.41) is 7.50. The van der Waals surface area contributed by atoms with Crippen LogP contribution in [-0.2, 0) is 14.2 Å². The summed E-state index contributed by atoms with van der Waals surface area (Å²) >= 11 is 0. The van der Waals surface area contributed by atoms with Crippen molar-refractivity contribution in [1.82, 2.24) is 10.3 Å². The second-order valence-corrected chi connectivity index (χ2v) is 4.18. The van der Waals surface area contributed by atoms with Gasteiger partial charge in [-0.05, 0) is 22.4 Å². The lowest BCUT2D eigenvalue weighted by Gasteiger charge is -2.08. The molecule has 0 amide bonds. The molecule has 0 aliphatic rings. The molecule has 0 atom stereocenters. The molecule has 0 bridgehead atoms. The maximum atomic E-state index is 5.75. The van der Waals surface area contributed by atoms with E-state index >= 15 is 0 Å². The van der Waals surface area contributed by atoms with Crippen LogP contribution >= 0.6 is 0 Å². The fraction of sp³-hybridized carbons (Fsp3) is 0.538. The largest absolute Gasteiger partial charge is 0.489 e. The predicted octanol–water partition coefficient (Wildman–Crippen LogP) is 0.863. The topological polar surface area (TPSA) is 102 Å². The van der Waals surface area contributed by atoms with Crippen LogP contribution in [0, 0.1) is 0 Å². The number of benzene rings is 1. The van der Waals surface area contributed by atoms with Gasteiger partial charge in [-0.2, -0.15) is 0 Å². The van der Waals surface area contributed by atoms with Gasteiger partial charge in [-0.15, -0.1) is 0 Å². The zero-order valence-electron chi connectivity index (χ0n) is 11.9. The number of nitrogen functional groups attached to an aromatic ring is 1. The Morgan fingerprint density at radius 1 is 0.952 bits per heavy atom. The second-order valence-electron chi connectivity index (χ2n) is 4.18. The van der Waals surface area contributed by atoms with E-state index in [0.29, 0.717) is 62.1 Å². The summed E-state index contributed by atoms with van der Waals surface area (Å²) in [5.74, 6) is 0.570. The van der Waals surface area contributed by atoms with Crippen molar-refractivity contribution in [2.24, 2.45) is 0 Å². The van der Waals surface area contributed by atoms with Gasteiger partial charge in [-0.25, -0.2) is 4.63 Å². The number of ether oxygens (including phenoxy) is 4. The molecule has 8 heteroatoms. The van der Waals surface area contributed by atoms with Crippen molar-refractivity contribution in [2.75, 3.05) is 52.5 Å². The van der Waals surface area contributed by atoms with E-state index in [1.165, 1.54) is 0 Å². The summed E-state index contributed by atoms with van der Waals surface area (Å²) in [6.07, 6.45) is 0. The Hall–Kier alpha value is -1.90. The van der Waals surface area contributed by atoms with Gasteiger partial charge in [0.25, 0.3) is 0 Å². The number of nitrogens with two attached hydrogens (primary N) is 1. The molecule has 2 rings (SSSR count). The molecule has 1 aromatic carbocycles. The smallest absolute Gasteiger partial charge is 0.179 e. The number of hydrogen-bond acceptors (Lipinski definition) is 8. The van der Waals surface area contributed by atoms with Crippen molar-refractivity contribution in [2.45, 2.75) is 0 Å². The highest BCUT2D eigenvalue weighted by molar-refractivity contribution is 5.90. The normalized spacial score (nSPS) is 11.1. The van der Waals surface area contributed by atoms with E-state index in [1.54, 1.807) is 19.2 Å². The number of anilines is 1. The molecule has 21 heavy (non-hydrogen) atoms. The van der Waals surface area contributed by atoms with Crippen LogP contribution in [0.15, 0.2) is 16.8 Å². The van der Waals surface area contributed by atoms with Crippen LogP contribution in [0.25, 0.3) is 11.0 Å². The first-order chi connectivity index (χ1) is 10.3. The van der Waals surface area contributed by atoms with Gasteiger partial charge in [0.15, 0.2) is 16.8 Å². The Morgan fingerprint density at radius 2 is 1.62 bits per heavy atom. The minimum atomic E-state index is 0.393. The molecule has 8 nitrogen and oxygen atoms in total. The van der Waals surface area contributed by atoms with E-state index in [-0.39, 0.29) is 0 Å². The minimum Gasteiger partial charge on any atom is -0.489 e. The Bertz CT molecular complexity index is 546. The molecule has 0 radical (unpaired) electrons. The van der Waals surface area contributed by atoms with Crippen LogP contribution < -0.4 is 10.5 Å². The minimum absolute atomic E-state index is 0.393. The first-order valence-electron chi connectivity index (χ1n) is 6.61. The summed E-state index contributed by atoms with van der Waals surface area (Å²) in [4.78, 5) is 0. The zero-order chi connectivity index (χ0) is 14.9. The van der Waals surface area contributed by atoms with Gasteiger partial charge in [0.1, 0.15) is 6.61 Å². The second kappa shape index (κ2) is 8.40. The van der Waals surface area contributed by atoms with Crippen molar-refractivity contribution in [1.29, 1.82) is 0 Å². The van der Waals surface area contributed by atoms with Crippen LogP contribution in [0.3, 0.4) is 0 Å². The highest BCUT2D eigenvalue weighted by Gasteiger charge is 2.10. The van der Waals surface area contributed by atoms with Gasteiger partial charge in [0.2, 0.25) is 0 Å². The predicted molar refractivity (Wildman–Crippen MR) is 75.2 cm³/mol. The number of hydrogen-bond donors (Lipinski definition) is 1. The summed E-state index contributed by atoms with van der Waals surface area (Å²) in [5.41, 5.74) is 7.26. The summed E-state index contributed by atoms with van der Waals surface area (Å²) in [6, 6.07) is 3.43. The van der Waals surface area contributed by atoms with Gasteiger partial charge >= 0.3 is 0 Å². The number of nitrogens with zero attached hydrogens (tertiary/aromatic N) is 2. The van der Waals surface area contributed by atoms with E-state index in [1.807, 2.05) is 0 Å². The molecule has 2 N–H and O–H groups in total. The van der Waals surface area contributed by atoms with Crippen LogP contribution in [-0.4, -0.2) is 57.1 Å². The average Bonchev–Trinajstić information content (AvgIpc) is 2.98. The fourth-order valence-electron chi connectivity index (χ4n) is 1.65. The number of fused-ring (bicyclic) bond motifs is 1. The lowest BCUT2D eigenvalue weighted by atomic mass is 10.2. The molecule has 0 saturated heterocycles. The van der Waals surface area contributed by atoms with Crippen molar-refractivity contribution in [3.8, 4) is 5.75 Å². The third kappa shape index (κ3) is 4.55. The molecular weight excluding hydrogens is 278 g/mol. The first kappa shape index (κ1) is 15.5. The van der Waals surface area contributed by atoms with E-state index in [2.05, 4.69) is 14.9 Å². The van der Waals surface area contributed by atoms with Crippen LogP contribution in [0.5, 0.6) is 5.75 Å². The zero-order valence-corrected chi connectivity index (χ0v) is 11.9. The molecule has 0 saturated carbocycles.